The van der Waals surface area contributed by atoms with Gasteiger partial charge in [0.15, 0.2) is 0 Å². The molecule has 2 aromatic carbocycles. The van der Waals surface area contributed by atoms with E-state index >= 15 is 0 Å². The van der Waals surface area contributed by atoms with E-state index in [0.29, 0.717) is 0 Å². The fourth-order valence-electron chi connectivity index (χ4n) is 3.39. The molecule has 0 amide bonds. The van der Waals surface area contributed by atoms with Gasteiger partial charge in [-0.2, -0.15) is 0 Å². The lowest BCUT2D eigenvalue weighted by Crippen LogP contribution is -2.13. The Morgan fingerprint density at radius 1 is 1.17 bits per heavy atom. The van der Waals surface area contributed by atoms with Gasteiger partial charge in [-0.25, -0.2) is 4.98 Å². The third-order valence-electron chi connectivity index (χ3n) is 4.46. The number of aryl methyl sites for hydroxylation is 3. The monoisotopic (exact) mass is 400 g/mol. The highest BCUT2D eigenvalue weighted by molar-refractivity contribution is 9.10. The zero-order valence-electron chi connectivity index (χ0n) is 13.5. The average molecular weight is 401 g/mol. The highest BCUT2D eigenvalue weighted by Gasteiger charge is 2.23. The van der Waals surface area contributed by atoms with Crippen LogP contribution in [-0.4, -0.2) is 20.0 Å². The molecule has 5 heteroatoms. The standard InChI is InChI=1S/C19H17BrN2OS/c1-12-19(14-4-3-5-15(20)10-14)22-17-8-7-16(24(2)23)11-13(17)6-9-18(22)21-12/h3-5,7-8,10-11H,6,9H2,1-2H3. The minimum atomic E-state index is -0.955. The summed E-state index contributed by atoms with van der Waals surface area (Å²) in [5, 5.41) is 0. The molecule has 0 spiro atoms. The second-order valence-electron chi connectivity index (χ2n) is 6.05. The maximum atomic E-state index is 11.8. The molecule has 24 heavy (non-hydrogen) atoms. The summed E-state index contributed by atoms with van der Waals surface area (Å²) in [6.45, 7) is 2.07. The fourth-order valence-corrected chi connectivity index (χ4v) is 4.36. The first-order chi connectivity index (χ1) is 11.5. The Hall–Kier alpha value is -1.72. The van der Waals surface area contributed by atoms with Crippen LogP contribution in [0.25, 0.3) is 16.9 Å². The topological polar surface area (TPSA) is 34.9 Å². The number of fused-ring (bicyclic) bond motifs is 3. The van der Waals surface area contributed by atoms with Crippen LogP contribution in [0.15, 0.2) is 51.8 Å². The molecule has 1 aromatic heterocycles. The van der Waals surface area contributed by atoms with Gasteiger partial charge < -0.3 is 0 Å². The summed E-state index contributed by atoms with van der Waals surface area (Å²) < 4.78 is 15.1. The number of aromatic nitrogens is 2. The summed E-state index contributed by atoms with van der Waals surface area (Å²) in [6, 6.07) is 14.4. The molecular formula is C19H17BrN2OS. The maximum absolute atomic E-state index is 11.8. The molecule has 1 atom stereocenters. The van der Waals surface area contributed by atoms with Crippen LogP contribution in [0.3, 0.4) is 0 Å². The number of rotatable bonds is 2. The molecule has 1 aliphatic heterocycles. The summed E-state index contributed by atoms with van der Waals surface area (Å²) >= 11 is 3.56. The Kier molecular flexibility index (Phi) is 3.93. The SMILES string of the molecule is Cc1nc2n(c1-c1cccc(Br)c1)-c1ccc(S(C)=O)cc1CC2. The molecule has 3 nitrogen and oxygen atoms in total. The Balaban J connectivity index is 1.95. The Bertz CT molecular complexity index is 977. The van der Waals surface area contributed by atoms with Crippen molar-refractivity contribution in [2.75, 3.05) is 6.26 Å². The van der Waals surface area contributed by atoms with Crippen molar-refractivity contribution < 1.29 is 4.21 Å². The molecule has 122 valence electrons. The number of benzene rings is 2. The number of halogens is 1. The molecule has 0 bridgehead atoms. The first-order valence-electron chi connectivity index (χ1n) is 7.85. The minimum absolute atomic E-state index is 0.887. The average Bonchev–Trinajstić information content (AvgIpc) is 2.90. The molecule has 1 unspecified atom stereocenters. The summed E-state index contributed by atoms with van der Waals surface area (Å²) in [5.41, 5.74) is 5.72. The molecule has 4 rings (SSSR count). The second-order valence-corrected chi connectivity index (χ2v) is 8.35. The molecule has 0 saturated carbocycles. The molecule has 0 radical (unpaired) electrons. The number of hydrogen-bond donors (Lipinski definition) is 0. The third-order valence-corrected chi connectivity index (χ3v) is 5.87. The zero-order chi connectivity index (χ0) is 16.8. The van der Waals surface area contributed by atoms with Gasteiger partial charge in [-0.05, 0) is 49.2 Å². The van der Waals surface area contributed by atoms with Crippen LogP contribution in [0.4, 0.5) is 0 Å². The van der Waals surface area contributed by atoms with Crippen molar-refractivity contribution in [3.63, 3.8) is 0 Å². The van der Waals surface area contributed by atoms with Crippen molar-refractivity contribution >= 4 is 26.7 Å². The molecule has 1 aliphatic rings. The first-order valence-corrected chi connectivity index (χ1v) is 10.2. The second kappa shape index (κ2) is 5.97. The molecule has 0 fully saturated rings. The van der Waals surface area contributed by atoms with Crippen LogP contribution in [0.1, 0.15) is 17.1 Å². The van der Waals surface area contributed by atoms with Gasteiger partial charge in [-0.3, -0.25) is 8.78 Å². The highest BCUT2D eigenvalue weighted by atomic mass is 79.9. The molecule has 0 N–H and O–H groups in total. The largest absolute Gasteiger partial charge is 0.296 e. The molecule has 2 heterocycles. The van der Waals surface area contributed by atoms with Gasteiger partial charge >= 0.3 is 0 Å². The summed E-state index contributed by atoms with van der Waals surface area (Å²) in [4.78, 5) is 5.69. The van der Waals surface area contributed by atoms with Crippen LogP contribution < -0.4 is 0 Å². The van der Waals surface area contributed by atoms with E-state index in [-0.39, 0.29) is 0 Å². The minimum Gasteiger partial charge on any atom is -0.296 e. The molecule has 3 aromatic rings. The van der Waals surface area contributed by atoms with E-state index in [1.807, 2.05) is 18.2 Å². The molecule has 0 saturated heterocycles. The van der Waals surface area contributed by atoms with Gasteiger partial charge in [0.05, 0.1) is 17.1 Å². The Morgan fingerprint density at radius 3 is 2.75 bits per heavy atom. The predicted octanol–water partition coefficient (Wildman–Crippen LogP) is 4.45. The number of hydrogen-bond acceptors (Lipinski definition) is 2. The van der Waals surface area contributed by atoms with Gasteiger partial charge in [0.1, 0.15) is 5.82 Å². The van der Waals surface area contributed by atoms with E-state index in [4.69, 9.17) is 4.98 Å². The van der Waals surface area contributed by atoms with E-state index in [1.165, 1.54) is 5.56 Å². The van der Waals surface area contributed by atoms with E-state index in [0.717, 1.165) is 50.7 Å². The maximum Gasteiger partial charge on any atom is 0.114 e. The quantitative estimate of drug-likeness (QED) is 0.636. The van der Waals surface area contributed by atoms with Crippen LogP contribution in [0.2, 0.25) is 0 Å². The first kappa shape index (κ1) is 15.8. The van der Waals surface area contributed by atoms with E-state index in [1.54, 1.807) is 6.26 Å². The van der Waals surface area contributed by atoms with Gasteiger partial charge in [-0.1, -0.05) is 28.1 Å². The molecular weight excluding hydrogens is 384 g/mol. The Morgan fingerprint density at radius 2 is 2.00 bits per heavy atom. The lowest BCUT2D eigenvalue weighted by molar-refractivity contribution is 0.686. The van der Waals surface area contributed by atoms with Crippen LogP contribution >= 0.6 is 15.9 Å². The third kappa shape index (κ3) is 2.56. The summed E-state index contributed by atoms with van der Waals surface area (Å²) in [5.74, 6) is 1.10. The van der Waals surface area contributed by atoms with E-state index in [2.05, 4.69) is 51.7 Å². The smallest absolute Gasteiger partial charge is 0.114 e. The van der Waals surface area contributed by atoms with Gasteiger partial charge in [0, 0.05) is 38.4 Å². The van der Waals surface area contributed by atoms with Crippen molar-refractivity contribution in [1.82, 2.24) is 9.55 Å². The normalized spacial score (nSPS) is 14.1. The fraction of sp³-hybridized carbons (Fsp3) is 0.211. The van der Waals surface area contributed by atoms with Crippen molar-refractivity contribution in [3.8, 4) is 16.9 Å². The van der Waals surface area contributed by atoms with Crippen LogP contribution in [0.5, 0.6) is 0 Å². The van der Waals surface area contributed by atoms with Crippen molar-refractivity contribution in [2.24, 2.45) is 0 Å². The van der Waals surface area contributed by atoms with E-state index < -0.39 is 10.8 Å². The predicted molar refractivity (Wildman–Crippen MR) is 101 cm³/mol. The van der Waals surface area contributed by atoms with Crippen LogP contribution in [-0.2, 0) is 23.6 Å². The van der Waals surface area contributed by atoms with Gasteiger partial charge in [0.25, 0.3) is 0 Å². The number of imidazole rings is 1. The lowest BCUT2D eigenvalue weighted by Gasteiger charge is -2.21. The van der Waals surface area contributed by atoms with Crippen LogP contribution in [0, 0.1) is 6.92 Å². The summed E-state index contributed by atoms with van der Waals surface area (Å²) in [6.07, 6.45) is 3.57. The van der Waals surface area contributed by atoms with Gasteiger partial charge in [0.2, 0.25) is 0 Å². The Labute approximate surface area is 152 Å². The van der Waals surface area contributed by atoms with Crippen molar-refractivity contribution in [2.45, 2.75) is 24.7 Å². The van der Waals surface area contributed by atoms with Gasteiger partial charge in [-0.15, -0.1) is 0 Å². The van der Waals surface area contributed by atoms with E-state index in [9.17, 15) is 4.21 Å². The van der Waals surface area contributed by atoms with Crippen molar-refractivity contribution in [1.29, 1.82) is 0 Å². The zero-order valence-corrected chi connectivity index (χ0v) is 15.9. The lowest BCUT2D eigenvalue weighted by atomic mass is 10.0. The number of nitrogens with zero attached hydrogens (tertiary/aromatic N) is 2. The highest BCUT2D eigenvalue weighted by Crippen LogP contribution is 2.35. The molecule has 0 aliphatic carbocycles. The summed E-state index contributed by atoms with van der Waals surface area (Å²) in [7, 11) is -0.955. The van der Waals surface area contributed by atoms with Crippen molar-refractivity contribution in [3.05, 3.63) is 64.0 Å².